The Morgan fingerprint density at radius 2 is 0.707 bits per heavy atom. The molecule has 0 aromatic carbocycles. The molecule has 2 unspecified atom stereocenters. The van der Waals surface area contributed by atoms with Crippen molar-refractivity contribution in [2.24, 2.45) is 0 Å². The third-order valence-electron chi connectivity index (χ3n) is 12.4. The molecule has 0 saturated carbocycles. The Hall–Kier alpha value is -1.14. The Labute approximate surface area is 362 Å². The van der Waals surface area contributed by atoms with Crippen LogP contribution in [0.3, 0.4) is 0 Å². The number of nitrogens with one attached hydrogen (secondary N) is 1. The van der Waals surface area contributed by atoms with Gasteiger partial charge < -0.3 is 20.3 Å². The number of hydrogen-bond acceptors (Lipinski definition) is 5. The van der Waals surface area contributed by atoms with E-state index < -0.39 is 12.1 Å². The predicted molar refractivity (Wildman–Crippen MR) is 250 cm³/mol. The Morgan fingerprint density at radius 1 is 0.414 bits per heavy atom. The van der Waals surface area contributed by atoms with Crippen molar-refractivity contribution in [3.63, 3.8) is 0 Å². The lowest BCUT2D eigenvalue weighted by Crippen LogP contribution is -2.45. The van der Waals surface area contributed by atoms with Gasteiger partial charge >= 0.3 is 5.97 Å². The standard InChI is InChI=1S/C52H103NO5/c1-3-5-7-9-11-13-14-26-30-34-38-42-46-52(57)58-47-43-39-35-31-27-24-22-20-18-16-15-17-19-21-23-25-29-33-37-41-45-51(56)53-49(48-54)50(55)44-40-36-32-28-12-10-8-6-4-2/h49-50,54-55H,3-48H2,1-2H3,(H,53,56). The van der Waals surface area contributed by atoms with E-state index in [1.165, 1.54) is 225 Å². The van der Waals surface area contributed by atoms with Crippen molar-refractivity contribution >= 4 is 11.9 Å². The lowest BCUT2D eigenvalue weighted by atomic mass is 10.0. The average Bonchev–Trinajstić information content (AvgIpc) is 3.22. The predicted octanol–water partition coefficient (Wildman–Crippen LogP) is 15.6. The van der Waals surface area contributed by atoms with Crippen molar-refractivity contribution in [1.82, 2.24) is 5.32 Å². The summed E-state index contributed by atoms with van der Waals surface area (Å²) in [4.78, 5) is 24.4. The van der Waals surface area contributed by atoms with Crippen LogP contribution in [0.25, 0.3) is 0 Å². The maximum absolute atomic E-state index is 12.4. The maximum Gasteiger partial charge on any atom is 0.305 e. The molecule has 0 spiro atoms. The Kier molecular flexibility index (Phi) is 47.6. The Morgan fingerprint density at radius 3 is 1.05 bits per heavy atom. The molecule has 0 rings (SSSR count). The number of carbonyl (C=O) groups excluding carboxylic acids is 2. The SMILES string of the molecule is CCCCCCCCCCCCCCC(=O)OCCCCCCCCCCCCCCCCCCCCCCC(=O)NC(CO)C(O)CCCCCCCCCCC. The monoisotopic (exact) mass is 822 g/mol. The molecule has 0 saturated heterocycles. The largest absolute Gasteiger partial charge is 0.466 e. The first-order chi connectivity index (χ1) is 28.5. The molecule has 0 aliphatic heterocycles. The average molecular weight is 822 g/mol. The van der Waals surface area contributed by atoms with E-state index in [1.54, 1.807) is 0 Å². The summed E-state index contributed by atoms with van der Waals surface area (Å²) in [7, 11) is 0. The molecule has 0 heterocycles. The van der Waals surface area contributed by atoms with Crippen LogP contribution in [0.4, 0.5) is 0 Å². The van der Waals surface area contributed by atoms with E-state index in [2.05, 4.69) is 19.2 Å². The molecule has 0 aliphatic rings. The van der Waals surface area contributed by atoms with Crippen molar-refractivity contribution < 1.29 is 24.5 Å². The van der Waals surface area contributed by atoms with Crippen LogP contribution in [0.2, 0.25) is 0 Å². The van der Waals surface area contributed by atoms with Crippen LogP contribution < -0.4 is 5.32 Å². The summed E-state index contributed by atoms with van der Waals surface area (Å²) in [5, 5.41) is 23.1. The highest BCUT2D eigenvalue weighted by atomic mass is 16.5. The second-order valence-corrected chi connectivity index (χ2v) is 18.2. The molecule has 0 radical (unpaired) electrons. The molecular weight excluding hydrogens is 719 g/mol. The highest BCUT2D eigenvalue weighted by molar-refractivity contribution is 5.76. The molecule has 0 aromatic rings. The van der Waals surface area contributed by atoms with Gasteiger partial charge in [0.2, 0.25) is 5.91 Å². The highest BCUT2D eigenvalue weighted by Gasteiger charge is 2.20. The van der Waals surface area contributed by atoms with Crippen LogP contribution in [0.5, 0.6) is 0 Å². The highest BCUT2D eigenvalue weighted by Crippen LogP contribution is 2.17. The van der Waals surface area contributed by atoms with Crippen molar-refractivity contribution in [2.45, 2.75) is 309 Å². The summed E-state index contributed by atoms with van der Waals surface area (Å²) in [5.74, 6) is -0.0266. The van der Waals surface area contributed by atoms with E-state index in [9.17, 15) is 19.8 Å². The molecule has 0 aromatic heterocycles. The van der Waals surface area contributed by atoms with Gasteiger partial charge in [0, 0.05) is 12.8 Å². The third kappa shape index (κ3) is 44.4. The molecular formula is C52H103NO5. The van der Waals surface area contributed by atoms with Gasteiger partial charge in [-0.3, -0.25) is 9.59 Å². The quantitative estimate of drug-likeness (QED) is 0.0420. The summed E-state index contributed by atoms with van der Waals surface area (Å²) >= 11 is 0. The molecule has 6 nitrogen and oxygen atoms in total. The van der Waals surface area contributed by atoms with Gasteiger partial charge in [-0.2, -0.15) is 0 Å². The van der Waals surface area contributed by atoms with Crippen molar-refractivity contribution in [2.75, 3.05) is 13.2 Å². The van der Waals surface area contributed by atoms with E-state index in [0.29, 0.717) is 25.9 Å². The number of rotatable bonds is 49. The van der Waals surface area contributed by atoms with E-state index in [4.69, 9.17) is 4.74 Å². The van der Waals surface area contributed by atoms with Crippen molar-refractivity contribution in [3.05, 3.63) is 0 Å². The first-order valence-corrected chi connectivity index (χ1v) is 26.3. The molecule has 3 N–H and O–H groups in total. The van der Waals surface area contributed by atoms with Gasteiger partial charge in [-0.25, -0.2) is 0 Å². The van der Waals surface area contributed by atoms with E-state index in [0.717, 1.165) is 38.5 Å². The number of esters is 1. The lowest BCUT2D eigenvalue weighted by molar-refractivity contribution is -0.143. The summed E-state index contributed by atoms with van der Waals surface area (Å²) in [6.45, 7) is 4.94. The minimum Gasteiger partial charge on any atom is -0.466 e. The number of unbranched alkanes of at least 4 members (excludes halogenated alkanes) is 38. The van der Waals surface area contributed by atoms with Gasteiger partial charge in [-0.15, -0.1) is 0 Å². The smallest absolute Gasteiger partial charge is 0.305 e. The number of aliphatic hydroxyl groups excluding tert-OH is 2. The van der Waals surface area contributed by atoms with Gasteiger partial charge in [0.1, 0.15) is 0 Å². The second kappa shape index (κ2) is 48.5. The molecule has 2 atom stereocenters. The fraction of sp³-hybridized carbons (Fsp3) is 0.962. The van der Waals surface area contributed by atoms with Crippen LogP contribution in [-0.2, 0) is 14.3 Å². The van der Waals surface area contributed by atoms with Crippen LogP contribution in [-0.4, -0.2) is 47.4 Å². The molecule has 6 heteroatoms. The van der Waals surface area contributed by atoms with Gasteiger partial charge in [0.05, 0.1) is 25.4 Å². The first kappa shape index (κ1) is 56.9. The van der Waals surface area contributed by atoms with Gasteiger partial charge in [0.15, 0.2) is 0 Å². The second-order valence-electron chi connectivity index (χ2n) is 18.2. The van der Waals surface area contributed by atoms with Crippen LogP contribution in [0.1, 0.15) is 296 Å². The zero-order chi connectivity index (χ0) is 42.3. The minimum absolute atomic E-state index is 0.0115. The Bertz CT molecular complexity index is 822. The molecule has 1 amide bonds. The molecule has 0 aliphatic carbocycles. The number of ether oxygens (including phenoxy) is 1. The van der Waals surface area contributed by atoms with Gasteiger partial charge in [-0.05, 0) is 25.7 Å². The van der Waals surface area contributed by atoms with E-state index in [-0.39, 0.29) is 18.5 Å². The zero-order valence-corrected chi connectivity index (χ0v) is 39.3. The lowest BCUT2D eigenvalue weighted by Gasteiger charge is -2.22. The summed E-state index contributed by atoms with van der Waals surface area (Å²) in [6, 6.07) is -0.539. The molecule has 58 heavy (non-hydrogen) atoms. The number of hydrogen-bond donors (Lipinski definition) is 3. The van der Waals surface area contributed by atoms with Crippen molar-refractivity contribution in [1.29, 1.82) is 0 Å². The summed E-state index contributed by atoms with van der Waals surface area (Å²) in [5.41, 5.74) is 0. The van der Waals surface area contributed by atoms with Gasteiger partial charge in [0.25, 0.3) is 0 Å². The van der Waals surface area contributed by atoms with Gasteiger partial charge in [-0.1, -0.05) is 258 Å². The normalized spacial score (nSPS) is 12.6. The molecule has 0 bridgehead atoms. The molecule has 346 valence electrons. The molecule has 0 fully saturated rings. The third-order valence-corrected chi connectivity index (χ3v) is 12.4. The first-order valence-electron chi connectivity index (χ1n) is 26.3. The topological polar surface area (TPSA) is 95.9 Å². The number of carbonyl (C=O) groups is 2. The minimum atomic E-state index is -0.661. The fourth-order valence-corrected chi connectivity index (χ4v) is 8.35. The number of aliphatic hydroxyl groups is 2. The maximum atomic E-state index is 12.4. The number of amides is 1. The van der Waals surface area contributed by atoms with Crippen LogP contribution in [0, 0.1) is 0 Å². The van der Waals surface area contributed by atoms with E-state index >= 15 is 0 Å². The van der Waals surface area contributed by atoms with Crippen LogP contribution in [0.15, 0.2) is 0 Å². The fourth-order valence-electron chi connectivity index (χ4n) is 8.35. The summed E-state index contributed by atoms with van der Waals surface area (Å²) in [6.07, 6.45) is 53.7. The Balaban J connectivity index is 3.35. The van der Waals surface area contributed by atoms with Crippen LogP contribution >= 0.6 is 0 Å². The van der Waals surface area contributed by atoms with Crippen molar-refractivity contribution in [3.8, 4) is 0 Å². The van der Waals surface area contributed by atoms with E-state index in [1.807, 2.05) is 0 Å². The zero-order valence-electron chi connectivity index (χ0n) is 39.3. The summed E-state index contributed by atoms with van der Waals surface area (Å²) < 4.78 is 5.46.